The van der Waals surface area contributed by atoms with E-state index in [4.69, 9.17) is 37.0 Å². The lowest BCUT2D eigenvalue weighted by atomic mass is 9.99. The molecular formula is C71H138O17P2. The van der Waals surface area contributed by atoms with E-state index in [0.717, 1.165) is 102 Å². The van der Waals surface area contributed by atoms with Crippen LogP contribution in [0.2, 0.25) is 0 Å². The van der Waals surface area contributed by atoms with Crippen LogP contribution in [0.25, 0.3) is 0 Å². The molecule has 3 N–H and O–H groups in total. The number of hydrogen-bond acceptors (Lipinski definition) is 15. The maximum Gasteiger partial charge on any atom is 0.472 e. The molecule has 0 rings (SSSR count). The highest BCUT2D eigenvalue weighted by molar-refractivity contribution is 7.47. The van der Waals surface area contributed by atoms with Crippen molar-refractivity contribution in [3.05, 3.63) is 0 Å². The molecule has 534 valence electrons. The van der Waals surface area contributed by atoms with Crippen molar-refractivity contribution in [1.82, 2.24) is 0 Å². The second-order valence-electron chi connectivity index (χ2n) is 25.9. The van der Waals surface area contributed by atoms with E-state index in [-0.39, 0.29) is 25.7 Å². The van der Waals surface area contributed by atoms with Crippen molar-refractivity contribution in [3.8, 4) is 0 Å². The highest BCUT2D eigenvalue weighted by Crippen LogP contribution is 2.45. The number of aliphatic hydroxyl groups is 1. The van der Waals surface area contributed by atoms with Crippen LogP contribution in [0.4, 0.5) is 0 Å². The topological polar surface area (TPSA) is 237 Å². The van der Waals surface area contributed by atoms with Gasteiger partial charge in [0.2, 0.25) is 0 Å². The summed E-state index contributed by atoms with van der Waals surface area (Å²) in [5.74, 6) is -1.32. The Bertz CT molecular complexity index is 1740. The molecule has 0 aromatic heterocycles. The molecule has 0 heterocycles. The summed E-state index contributed by atoms with van der Waals surface area (Å²) >= 11 is 0. The van der Waals surface area contributed by atoms with Gasteiger partial charge >= 0.3 is 39.5 Å². The molecule has 0 aromatic rings. The van der Waals surface area contributed by atoms with Gasteiger partial charge < -0.3 is 33.8 Å². The number of phosphoric acid groups is 2. The van der Waals surface area contributed by atoms with Gasteiger partial charge in [-0.1, -0.05) is 317 Å². The first kappa shape index (κ1) is 88.1. The molecule has 0 aromatic carbocycles. The van der Waals surface area contributed by atoms with Gasteiger partial charge in [-0.15, -0.1) is 0 Å². The summed E-state index contributed by atoms with van der Waals surface area (Å²) in [7, 11) is -9.89. The maximum atomic E-state index is 13.0. The zero-order valence-electron chi connectivity index (χ0n) is 58.3. The predicted molar refractivity (Wildman–Crippen MR) is 363 cm³/mol. The SMILES string of the molecule is CCCCCCCCCCCCCCCCCCCCCC(=O)O[C@H](COC(=O)CCCCCCCCCCCCC(C)CC)COP(=O)(O)OC[C@@H](O)COP(=O)(O)OC[C@@H](COC(=O)CCCCCCCCCC)OC(=O)CCCCCCCCCCC. The Balaban J connectivity index is 5.18. The van der Waals surface area contributed by atoms with E-state index in [1.165, 1.54) is 186 Å². The van der Waals surface area contributed by atoms with Crippen molar-refractivity contribution in [1.29, 1.82) is 0 Å². The third-order valence-corrected chi connectivity index (χ3v) is 18.8. The minimum absolute atomic E-state index is 0.106. The van der Waals surface area contributed by atoms with E-state index in [1.807, 2.05) is 0 Å². The van der Waals surface area contributed by atoms with Crippen LogP contribution >= 0.6 is 15.6 Å². The van der Waals surface area contributed by atoms with Gasteiger partial charge in [0.05, 0.1) is 26.4 Å². The summed E-state index contributed by atoms with van der Waals surface area (Å²) in [5.41, 5.74) is 0. The smallest absolute Gasteiger partial charge is 0.462 e. The highest BCUT2D eigenvalue weighted by Gasteiger charge is 2.30. The molecule has 0 amide bonds. The number of phosphoric ester groups is 2. The van der Waals surface area contributed by atoms with E-state index in [0.29, 0.717) is 25.7 Å². The Hall–Kier alpha value is -1.94. The molecule has 3 unspecified atom stereocenters. The van der Waals surface area contributed by atoms with Gasteiger partial charge in [0, 0.05) is 25.7 Å². The van der Waals surface area contributed by atoms with Gasteiger partial charge in [0.15, 0.2) is 12.2 Å². The average molecular weight is 1330 g/mol. The molecule has 6 atom stereocenters. The predicted octanol–water partition coefficient (Wildman–Crippen LogP) is 20.5. The van der Waals surface area contributed by atoms with Crippen LogP contribution in [-0.2, 0) is 65.4 Å². The summed E-state index contributed by atoms with van der Waals surface area (Å²) in [6, 6.07) is 0. The van der Waals surface area contributed by atoms with Crippen LogP contribution in [0.15, 0.2) is 0 Å². The van der Waals surface area contributed by atoms with Crippen LogP contribution in [-0.4, -0.2) is 96.7 Å². The molecule has 0 saturated carbocycles. The Morgan fingerprint density at radius 2 is 0.533 bits per heavy atom. The summed E-state index contributed by atoms with van der Waals surface area (Å²) in [6.07, 6.45) is 51.4. The number of ether oxygens (including phenoxy) is 4. The van der Waals surface area contributed by atoms with Crippen molar-refractivity contribution in [2.24, 2.45) is 5.92 Å². The maximum absolute atomic E-state index is 13.0. The molecular weight excluding hydrogens is 1190 g/mol. The number of esters is 4. The minimum atomic E-state index is -4.95. The molecule has 0 aliphatic heterocycles. The van der Waals surface area contributed by atoms with E-state index in [1.54, 1.807) is 0 Å². The van der Waals surface area contributed by atoms with Crippen LogP contribution in [0, 0.1) is 5.92 Å². The van der Waals surface area contributed by atoms with Gasteiger partial charge in [-0.05, 0) is 31.6 Å². The molecule has 0 bridgehead atoms. The summed E-state index contributed by atoms with van der Waals surface area (Å²) in [5, 5.41) is 10.6. The van der Waals surface area contributed by atoms with Crippen LogP contribution in [0.3, 0.4) is 0 Å². The van der Waals surface area contributed by atoms with E-state index in [2.05, 4.69) is 34.6 Å². The molecule has 17 nitrogen and oxygen atoms in total. The van der Waals surface area contributed by atoms with Crippen molar-refractivity contribution in [2.45, 2.75) is 387 Å². The van der Waals surface area contributed by atoms with E-state index in [9.17, 15) is 43.2 Å². The standard InChI is InChI=1S/C71H138O17P2/c1-6-10-13-16-19-22-23-24-25-26-27-28-29-30-31-37-42-47-52-57-71(76)88-67(61-82-69(74)55-50-45-40-36-33-32-35-38-43-48-53-64(5)9-4)63-86-90(79,80)84-59-65(72)58-83-89(77,78)85-62-66(60-81-68(73)54-49-44-39-21-18-15-12-8-3)87-70(75)56-51-46-41-34-20-17-14-11-7-2/h64-67,72H,6-63H2,1-5H3,(H,77,78)(H,79,80)/t64?,65-,66+,67+/m0/s1. The second kappa shape index (κ2) is 64.4. The minimum Gasteiger partial charge on any atom is -0.462 e. The van der Waals surface area contributed by atoms with Gasteiger partial charge in [-0.25, -0.2) is 9.13 Å². The lowest BCUT2D eigenvalue weighted by molar-refractivity contribution is -0.161. The van der Waals surface area contributed by atoms with Gasteiger partial charge in [-0.2, -0.15) is 0 Å². The number of carbonyl (C=O) groups excluding carboxylic acids is 4. The van der Waals surface area contributed by atoms with Crippen LogP contribution in [0.5, 0.6) is 0 Å². The number of rotatable bonds is 71. The zero-order valence-corrected chi connectivity index (χ0v) is 60.1. The van der Waals surface area contributed by atoms with Crippen molar-refractivity contribution in [3.63, 3.8) is 0 Å². The molecule has 0 saturated heterocycles. The number of carbonyl (C=O) groups is 4. The third-order valence-electron chi connectivity index (χ3n) is 16.9. The first-order valence-electron chi connectivity index (χ1n) is 37.2. The number of unbranched alkanes of at least 4 members (excludes halogenated alkanes) is 42. The monoisotopic (exact) mass is 1320 g/mol. The summed E-state index contributed by atoms with van der Waals surface area (Å²) in [6.45, 7) is 7.24. The Kier molecular flexibility index (Phi) is 63.0. The first-order chi connectivity index (χ1) is 43.6. The van der Waals surface area contributed by atoms with Gasteiger partial charge in [0.25, 0.3) is 0 Å². The lowest BCUT2D eigenvalue weighted by Gasteiger charge is -2.21. The van der Waals surface area contributed by atoms with Gasteiger partial charge in [0.1, 0.15) is 19.3 Å². The van der Waals surface area contributed by atoms with Crippen molar-refractivity contribution < 1.29 is 80.2 Å². The Morgan fingerprint density at radius 3 is 0.789 bits per heavy atom. The average Bonchev–Trinajstić information content (AvgIpc) is 3.08. The molecule has 0 radical (unpaired) electrons. The lowest BCUT2D eigenvalue weighted by Crippen LogP contribution is -2.30. The van der Waals surface area contributed by atoms with Crippen molar-refractivity contribution >= 4 is 39.5 Å². The zero-order chi connectivity index (χ0) is 66.3. The fourth-order valence-corrected chi connectivity index (χ4v) is 12.4. The van der Waals surface area contributed by atoms with E-state index < -0.39 is 97.5 Å². The quantitative estimate of drug-likeness (QED) is 0.0222. The number of hydrogen-bond donors (Lipinski definition) is 3. The molecule has 0 fully saturated rings. The van der Waals surface area contributed by atoms with E-state index >= 15 is 0 Å². The number of aliphatic hydroxyl groups excluding tert-OH is 1. The van der Waals surface area contributed by atoms with Gasteiger partial charge in [-0.3, -0.25) is 37.3 Å². The summed E-state index contributed by atoms with van der Waals surface area (Å²) < 4.78 is 68.2. The first-order valence-corrected chi connectivity index (χ1v) is 40.2. The van der Waals surface area contributed by atoms with Crippen LogP contribution < -0.4 is 0 Å². The fraction of sp³-hybridized carbons (Fsp3) is 0.944. The molecule has 19 heteroatoms. The molecule has 0 spiro atoms. The summed E-state index contributed by atoms with van der Waals surface area (Å²) in [4.78, 5) is 72.4. The molecule has 0 aliphatic carbocycles. The van der Waals surface area contributed by atoms with Crippen LogP contribution in [0.1, 0.15) is 369 Å². The fourth-order valence-electron chi connectivity index (χ4n) is 10.8. The normalized spacial score (nSPS) is 14.4. The highest BCUT2D eigenvalue weighted by atomic mass is 31.2. The molecule has 90 heavy (non-hydrogen) atoms. The largest absolute Gasteiger partial charge is 0.472 e. The third kappa shape index (κ3) is 63.5. The second-order valence-corrected chi connectivity index (χ2v) is 28.8. The Labute approximate surface area is 549 Å². The Morgan fingerprint density at radius 1 is 0.311 bits per heavy atom. The van der Waals surface area contributed by atoms with Crippen molar-refractivity contribution in [2.75, 3.05) is 39.6 Å². The molecule has 0 aliphatic rings.